The summed E-state index contributed by atoms with van der Waals surface area (Å²) in [6.45, 7) is 0.630. The highest BCUT2D eigenvalue weighted by molar-refractivity contribution is 5.97. The van der Waals surface area contributed by atoms with Gasteiger partial charge >= 0.3 is 5.97 Å². The van der Waals surface area contributed by atoms with E-state index < -0.39 is 71.9 Å². The molecule has 2 amide bonds. The molecule has 43 heavy (non-hydrogen) atoms. The van der Waals surface area contributed by atoms with E-state index in [2.05, 4.69) is 15.6 Å². The molecule has 0 radical (unpaired) electrons. The summed E-state index contributed by atoms with van der Waals surface area (Å²) in [7, 11) is 0. The van der Waals surface area contributed by atoms with E-state index in [0.717, 1.165) is 5.56 Å². The molecule has 0 spiro atoms. The van der Waals surface area contributed by atoms with Crippen LogP contribution in [0, 0.1) is 11.8 Å². The van der Waals surface area contributed by atoms with Crippen molar-refractivity contribution in [2.24, 2.45) is 34.0 Å². The summed E-state index contributed by atoms with van der Waals surface area (Å²) in [5, 5.41) is 14.9. The number of aliphatic imine (C=N–C) groups is 1. The highest BCUT2D eigenvalue weighted by atomic mass is 16.4. The Morgan fingerprint density at radius 3 is 2.16 bits per heavy atom. The van der Waals surface area contributed by atoms with Gasteiger partial charge in [-0.3, -0.25) is 33.8 Å². The number of nitrogens with one attached hydrogen (secondary N) is 2. The van der Waals surface area contributed by atoms with Crippen LogP contribution in [0.4, 0.5) is 0 Å². The van der Waals surface area contributed by atoms with E-state index in [9.17, 15) is 33.9 Å². The SMILES string of the molecule is NCCCCC1CC(=O)C(Cc2ccccc2)NC(=O)C(CC(=O)O)CC(=O)CCC(=O)C(CCCN=C(N)N)NC1=O. The first-order valence-electron chi connectivity index (χ1n) is 14.7. The zero-order chi connectivity index (χ0) is 31.8. The Morgan fingerprint density at radius 1 is 0.837 bits per heavy atom. The van der Waals surface area contributed by atoms with E-state index in [4.69, 9.17) is 17.2 Å². The molecule has 1 aromatic rings. The fraction of sp³-hybridized carbons (Fsp3) is 0.567. The van der Waals surface area contributed by atoms with E-state index in [1.165, 1.54) is 0 Å². The van der Waals surface area contributed by atoms with Crippen molar-refractivity contribution >= 4 is 41.1 Å². The predicted molar refractivity (Wildman–Crippen MR) is 160 cm³/mol. The fourth-order valence-corrected chi connectivity index (χ4v) is 5.02. The van der Waals surface area contributed by atoms with Gasteiger partial charge in [-0.1, -0.05) is 36.8 Å². The van der Waals surface area contributed by atoms with Crippen molar-refractivity contribution < 1.29 is 33.9 Å². The van der Waals surface area contributed by atoms with Gasteiger partial charge in [-0.05, 0) is 44.2 Å². The number of aliphatic carboxylic acids is 1. The molecule has 13 nitrogen and oxygen atoms in total. The molecule has 1 saturated heterocycles. The number of guanidine groups is 1. The first-order valence-corrected chi connectivity index (χ1v) is 14.7. The Kier molecular flexibility index (Phi) is 15.0. The Labute approximate surface area is 251 Å². The summed E-state index contributed by atoms with van der Waals surface area (Å²) in [6, 6.07) is 6.95. The minimum atomic E-state index is -1.27. The second kappa shape index (κ2) is 18.4. The molecule has 236 valence electrons. The standard InChI is InChI=1S/C30H44N6O7/c31-13-5-4-9-20-17-26(39)24(15-19-7-2-1-3-8-19)36-29(43)21(18-27(40)41)16-22(37)11-12-25(38)23(35-28(20)42)10-6-14-34-30(32)33/h1-3,7-8,20-21,23-24H,4-6,9-18,31H2,(H,35,42)(H,36,43)(H,40,41)(H4,32,33,34). The van der Waals surface area contributed by atoms with E-state index in [0.29, 0.717) is 32.2 Å². The second-order valence-corrected chi connectivity index (χ2v) is 10.9. The van der Waals surface area contributed by atoms with Gasteiger partial charge < -0.3 is 32.9 Å². The van der Waals surface area contributed by atoms with Crippen LogP contribution in [0.3, 0.4) is 0 Å². The maximum atomic E-state index is 13.7. The molecule has 2 rings (SSSR count). The van der Waals surface area contributed by atoms with Gasteiger partial charge in [-0.15, -0.1) is 0 Å². The third-order valence-corrected chi connectivity index (χ3v) is 7.38. The van der Waals surface area contributed by atoms with Crippen LogP contribution < -0.4 is 27.8 Å². The number of unbranched alkanes of at least 4 members (excludes halogenated alkanes) is 1. The van der Waals surface area contributed by atoms with Gasteiger partial charge in [-0.25, -0.2) is 0 Å². The highest BCUT2D eigenvalue weighted by Gasteiger charge is 2.33. The Bertz CT molecular complexity index is 1150. The monoisotopic (exact) mass is 600 g/mol. The van der Waals surface area contributed by atoms with E-state index in [-0.39, 0.29) is 44.6 Å². The maximum Gasteiger partial charge on any atom is 0.304 e. The first-order chi connectivity index (χ1) is 20.5. The highest BCUT2D eigenvalue weighted by Crippen LogP contribution is 2.20. The predicted octanol–water partition coefficient (Wildman–Crippen LogP) is 0.370. The van der Waals surface area contributed by atoms with Crippen molar-refractivity contribution in [1.29, 1.82) is 0 Å². The number of amides is 2. The second-order valence-electron chi connectivity index (χ2n) is 10.9. The average molecular weight is 601 g/mol. The number of carboxylic acids is 1. The number of benzene rings is 1. The number of Topliss-reactive ketones (excluding diaryl/α,β-unsaturated/α-hetero) is 3. The van der Waals surface area contributed by atoms with Gasteiger partial charge in [0.1, 0.15) is 5.78 Å². The number of rotatable bonds is 12. The number of hydrogen-bond donors (Lipinski definition) is 6. The average Bonchev–Trinajstić information content (AvgIpc) is 2.95. The molecule has 1 heterocycles. The normalized spacial score (nSPS) is 22.6. The molecular weight excluding hydrogens is 556 g/mol. The zero-order valence-electron chi connectivity index (χ0n) is 24.5. The molecule has 1 aromatic carbocycles. The Hall–Kier alpha value is -4.13. The summed E-state index contributed by atoms with van der Waals surface area (Å²) in [4.78, 5) is 81.9. The lowest BCUT2D eigenvalue weighted by Crippen LogP contribution is -2.48. The van der Waals surface area contributed by atoms with Crippen LogP contribution in [0.5, 0.6) is 0 Å². The summed E-state index contributed by atoms with van der Waals surface area (Å²) in [5.74, 6) is -5.93. The largest absolute Gasteiger partial charge is 0.481 e. The third-order valence-electron chi connectivity index (χ3n) is 7.38. The van der Waals surface area contributed by atoms with Gasteiger partial charge in [-0.2, -0.15) is 0 Å². The van der Waals surface area contributed by atoms with Gasteiger partial charge in [0.05, 0.1) is 24.4 Å². The van der Waals surface area contributed by atoms with E-state index >= 15 is 0 Å². The van der Waals surface area contributed by atoms with Crippen LogP contribution in [0.15, 0.2) is 35.3 Å². The first kappa shape index (κ1) is 35.1. The number of carboxylic acid groups (broad SMARTS) is 1. The maximum absolute atomic E-state index is 13.7. The van der Waals surface area contributed by atoms with Crippen LogP contribution in [0.1, 0.15) is 69.8 Å². The smallest absolute Gasteiger partial charge is 0.304 e. The lowest BCUT2D eigenvalue weighted by Gasteiger charge is -2.24. The van der Waals surface area contributed by atoms with E-state index in [1.54, 1.807) is 24.3 Å². The number of nitrogens with zero attached hydrogens (tertiary/aromatic N) is 1. The van der Waals surface area contributed by atoms with Crippen molar-refractivity contribution in [3.05, 3.63) is 35.9 Å². The zero-order valence-corrected chi connectivity index (χ0v) is 24.5. The number of carbonyl (C=O) groups is 6. The molecular formula is C30H44N6O7. The van der Waals surface area contributed by atoms with Crippen molar-refractivity contribution in [1.82, 2.24) is 10.6 Å². The van der Waals surface area contributed by atoms with Crippen LogP contribution in [-0.4, -0.2) is 71.4 Å². The summed E-state index contributed by atoms with van der Waals surface area (Å²) < 4.78 is 0. The van der Waals surface area contributed by atoms with Crippen LogP contribution in [0.25, 0.3) is 0 Å². The minimum absolute atomic E-state index is 0.106. The molecule has 1 aliphatic rings. The fourth-order valence-electron chi connectivity index (χ4n) is 5.02. The van der Waals surface area contributed by atoms with Crippen LogP contribution >= 0.6 is 0 Å². The van der Waals surface area contributed by atoms with Gasteiger partial charge in [0.25, 0.3) is 0 Å². The molecule has 0 bridgehead atoms. The minimum Gasteiger partial charge on any atom is -0.481 e. The van der Waals surface area contributed by atoms with Crippen molar-refractivity contribution in [2.75, 3.05) is 13.1 Å². The molecule has 13 heteroatoms. The number of carbonyl (C=O) groups excluding carboxylic acids is 5. The molecule has 4 unspecified atom stereocenters. The number of nitrogens with two attached hydrogens (primary N) is 3. The molecule has 0 aliphatic carbocycles. The van der Waals surface area contributed by atoms with E-state index in [1.807, 2.05) is 6.07 Å². The number of ketones is 3. The Balaban J connectivity index is 2.44. The molecule has 4 atom stereocenters. The number of hydrogen-bond acceptors (Lipinski definition) is 8. The van der Waals surface area contributed by atoms with Crippen LogP contribution in [0.2, 0.25) is 0 Å². The summed E-state index contributed by atoms with van der Waals surface area (Å²) in [5.41, 5.74) is 17.2. The topological polar surface area (TPSA) is 237 Å². The molecule has 1 fully saturated rings. The third kappa shape index (κ3) is 13.2. The van der Waals surface area contributed by atoms with Gasteiger partial charge in [0.2, 0.25) is 11.8 Å². The quantitative estimate of drug-likeness (QED) is 0.109. The van der Waals surface area contributed by atoms with Gasteiger partial charge in [0, 0.05) is 38.1 Å². The molecule has 0 saturated carbocycles. The van der Waals surface area contributed by atoms with Crippen molar-refractivity contribution in [3.8, 4) is 0 Å². The summed E-state index contributed by atoms with van der Waals surface area (Å²) >= 11 is 0. The molecule has 0 aromatic heterocycles. The molecule has 1 aliphatic heterocycles. The lowest BCUT2D eigenvalue weighted by molar-refractivity contribution is -0.142. The van der Waals surface area contributed by atoms with Crippen molar-refractivity contribution in [2.45, 2.75) is 82.7 Å². The molecule has 9 N–H and O–H groups in total. The summed E-state index contributed by atoms with van der Waals surface area (Å²) in [6.07, 6.45) is 0.542. The Morgan fingerprint density at radius 2 is 1.51 bits per heavy atom. The lowest BCUT2D eigenvalue weighted by atomic mass is 9.89. The van der Waals surface area contributed by atoms with Crippen molar-refractivity contribution in [3.63, 3.8) is 0 Å². The van der Waals surface area contributed by atoms with Crippen LogP contribution in [-0.2, 0) is 35.2 Å². The van der Waals surface area contributed by atoms with Gasteiger partial charge in [0.15, 0.2) is 17.5 Å².